The van der Waals surface area contributed by atoms with E-state index in [2.05, 4.69) is 10.6 Å². The summed E-state index contributed by atoms with van der Waals surface area (Å²) in [6.45, 7) is 4.51. The summed E-state index contributed by atoms with van der Waals surface area (Å²) in [5.74, 6) is 0. The van der Waals surface area contributed by atoms with E-state index in [4.69, 9.17) is 16.0 Å². The molecular weight excluding hydrogens is 366 g/mol. The van der Waals surface area contributed by atoms with Gasteiger partial charge in [-0.1, -0.05) is 25.4 Å². The number of carbonyl (C=O) groups is 1. The van der Waals surface area contributed by atoms with Gasteiger partial charge in [0.1, 0.15) is 0 Å². The molecule has 0 radical (unpaired) electrons. The fraction of sp³-hybridized carbons (Fsp3) is 0.312. The van der Waals surface area contributed by atoms with E-state index >= 15 is 0 Å². The Morgan fingerprint density at radius 2 is 1.96 bits per heavy atom. The summed E-state index contributed by atoms with van der Waals surface area (Å²) in [7, 11) is -3.63. The quantitative estimate of drug-likeness (QED) is 0.765. The molecule has 0 aliphatic carbocycles. The molecular formula is C16H20ClN3O4S. The Labute approximate surface area is 152 Å². The highest BCUT2D eigenvalue weighted by Gasteiger charge is 2.22. The number of anilines is 1. The Balaban J connectivity index is 2.14. The van der Waals surface area contributed by atoms with Gasteiger partial charge in [-0.25, -0.2) is 13.2 Å². The van der Waals surface area contributed by atoms with Crippen LogP contribution in [0.4, 0.5) is 10.5 Å². The predicted molar refractivity (Wildman–Crippen MR) is 96.1 cm³/mol. The number of rotatable bonds is 7. The van der Waals surface area contributed by atoms with Gasteiger partial charge >= 0.3 is 6.03 Å². The summed E-state index contributed by atoms with van der Waals surface area (Å²) < 4.78 is 31.4. The minimum absolute atomic E-state index is 0.0748. The molecule has 2 rings (SSSR count). The first-order valence-electron chi connectivity index (χ1n) is 7.74. The second-order valence-corrected chi connectivity index (χ2v) is 7.52. The molecule has 0 spiro atoms. The van der Waals surface area contributed by atoms with Crippen molar-refractivity contribution < 1.29 is 17.6 Å². The second kappa shape index (κ2) is 8.37. The number of benzene rings is 1. The number of nitrogens with zero attached hydrogens (tertiary/aromatic N) is 1. The number of sulfonamides is 1. The Kier molecular flexibility index (Phi) is 6.46. The minimum atomic E-state index is -3.63. The SMILES string of the molecule is CCN(CC)S(=O)(=O)c1ccc(Cl)c(NC(=O)NCc2ccoc2)c1. The van der Waals surface area contributed by atoms with Crippen LogP contribution in [0.1, 0.15) is 19.4 Å². The number of amides is 2. The van der Waals surface area contributed by atoms with Crippen LogP contribution in [-0.2, 0) is 16.6 Å². The van der Waals surface area contributed by atoms with Gasteiger partial charge in [-0.15, -0.1) is 0 Å². The van der Waals surface area contributed by atoms with Crippen LogP contribution in [0.2, 0.25) is 5.02 Å². The lowest BCUT2D eigenvalue weighted by Crippen LogP contribution is -2.31. The van der Waals surface area contributed by atoms with Gasteiger partial charge in [0.25, 0.3) is 0 Å². The maximum absolute atomic E-state index is 12.6. The smallest absolute Gasteiger partial charge is 0.319 e. The summed E-state index contributed by atoms with van der Waals surface area (Å²) in [6.07, 6.45) is 3.03. The number of urea groups is 1. The first-order chi connectivity index (χ1) is 11.9. The van der Waals surface area contributed by atoms with Crippen LogP contribution < -0.4 is 10.6 Å². The third-order valence-electron chi connectivity index (χ3n) is 3.56. The number of nitrogens with one attached hydrogen (secondary N) is 2. The Bertz CT molecular complexity index is 818. The zero-order valence-corrected chi connectivity index (χ0v) is 15.5. The summed E-state index contributed by atoms with van der Waals surface area (Å²) in [4.78, 5) is 12.1. The van der Waals surface area contributed by atoms with E-state index in [0.717, 1.165) is 5.56 Å². The zero-order chi connectivity index (χ0) is 18.4. The lowest BCUT2D eigenvalue weighted by Gasteiger charge is -2.19. The lowest BCUT2D eigenvalue weighted by molar-refractivity contribution is 0.251. The third-order valence-corrected chi connectivity index (χ3v) is 5.94. The van der Waals surface area contributed by atoms with Crippen molar-refractivity contribution in [2.24, 2.45) is 0 Å². The molecule has 0 aliphatic rings. The second-order valence-electron chi connectivity index (χ2n) is 5.17. The number of carbonyl (C=O) groups excluding carboxylic acids is 1. The van der Waals surface area contributed by atoms with E-state index in [0.29, 0.717) is 13.1 Å². The van der Waals surface area contributed by atoms with Crippen molar-refractivity contribution in [3.05, 3.63) is 47.4 Å². The molecule has 0 unspecified atom stereocenters. The van der Waals surface area contributed by atoms with Crippen LogP contribution in [0, 0.1) is 0 Å². The van der Waals surface area contributed by atoms with Crippen molar-refractivity contribution in [2.45, 2.75) is 25.3 Å². The topological polar surface area (TPSA) is 91.7 Å². The normalized spacial score (nSPS) is 11.5. The van der Waals surface area contributed by atoms with Crippen LogP contribution in [0.25, 0.3) is 0 Å². The minimum Gasteiger partial charge on any atom is -0.472 e. The van der Waals surface area contributed by atoms with Gasteiger partial charge in [-0.05, 0) is 24.3 Å². The Morgan fingerprint density at radius 3 is 2.56 bits per heavy atom. The van der Waals surface area contributed by atoms with E-state index in [9.17, 15) is 13.2 Å². The van der Waals surface area contributed by atoms with Crippen molar-refractivity contribution >= 4 is 33.3 Å². The first-order valence-corrected chi connectivity index (χ1v) is 9.56. The maximum atomic E-state index is 12.6. The summed E-state index contributed by atoms with van der Waals surface area (Å²) in [5, 5.41) is 5.45. The highest BCUT2D eigenvalue weighted by atomic mass is 35.5. The molecule has 1 heterocycles. The fourth-order valence-corrected chi connectivity index (χ4v) is 3.86. The average Bonchev–Trinajstić information content (AvgIpc) is 3.09. The van der Waals surface area contributed by atoms with Gasteiger partial charge in [0, 0.05) is 25.2 Å². The van der Waals surface area contributed by atoms with Crippen LogP contribution in [-0.4, -0.2) is 31.8 Å². The molecule has 0 fully saturated rings. The molecule has 1 aromatic carbocycles. The number of hydrogen-bond acceptors (Lipinski definition) is 4. The maximum Gasteiger partial charge on any atom is 0.319 e. The van der Waals surface area contributed by atoms with E-state index in [1.807, 2.05) is 0 Å². The third kappa shape index (κ3) is 4.75. The lowest BCUT2D eigenvalue weighted by atomic mass is 10.3. The molecule has 9 heteroatoms. The monoisotopic (exact) mass is 385 g/mol. The number of halogens is 1. The van der Waals surface area contributed by atoms with E-state index in [1.54, 1.807) is 19.9 Å². The van der Waals surface area contributed by atoms with E-state index < -0.39 is 16.1 Å². The number of hydrogen-bond donors (Lipinski definition) is 2. The van der Waals surface area contributed by atoms with Crippen LogP contribution >= 0.6 is 11.6 Å². The molecule has 0 saturated heterocycles. The molecule has 0 atom stereocenters. The van der Waals surface area contributed by atoms with Crippen molar-refractivity contribution in [2.75, 3.05) is 18.4 Å². The van der Waals surface area contributed by atoms with Crippen LogP contribution in [0.5, 0.6) is 0 Å². The van der Waals surface area contributed by atoms with Crippen molar-refractivity contribution in [3.63, 3.8) is 0 Å². The average molecular weight is 386 g/mol. The van der Waals surface area contributed by atoms with Gasteiger partial charge < -0.3 is 15.1 Å². The van der Waals surface area contributed by atoms with Gasteiger partial charge in [0.15, 0.2) is 0 Å². The van der Waals surface area contributed by atoms with E-state index in [1.165, 1.54) is 35.0 Å². The summed E-state index contributed by atoms with van der Waals surface area (Å²) in [5.41, 5.74) is 1.03. The summed E-state index contributed by atoms with van der Waals surface area (Å²) >= 11 is 6.07. The predicted octanol–water partition coefficient (Wildman–Crippen LogP) is 3.29. The van der Waals surface area contributed by atoms with Crippen molar-refractivity contribution in [1.29, 1.82) is 0 Å². The van der Waals surface area contributed by atoms with Gasteiger partial charge in [0.2, 0.25) is 10.0 Å². The first kappa shape index (κ1) is 19.3. The molecule has 25 heavy (non-hydrogen) atoms. The van der Waals surface area contributed by atoms with Crippen molar-refractivity contribution in [3.8, 4) is 0 Å². The molecule has 2 N–H and O–H groups in total. The molecule has 7 nitrogen and oxygen atoms in total. The molecule has 1 aromatic heterocycles. The highest BCUT2D eigenvalue weighted by molar-refractivity contribution is 7.89. The zero-order valence-electron chi connectivity index (χ0n) is 14.0. The largest absolute Gasteiger partial charge is 0.472 e. The van der Waals surface area contributed by atoms with Crippen molar-refractivity contribution in [1.82, 2.24) is 9.62 Å². The molecule has 2 amide bonds. The Morgan fingerprint density at radius 1 is 1.24 bits per heavy atom. The molecule has 2 aromatic rings. The van der Waals surface area contributed by atoms with Crippen LogP contribution in [0.15, 0.2) is 46.1 Å². The van der Waals surface area contributed by atoms with Gasteiger partial charge in [-0.3, -0.25) is 0 Å². The van der Waals surface area contributed by atoms with Gasteiger partial charge in [-0.2, -0.15) is 4.31 Å². The van der Waals surface area contributed by atoms with E-state index in [-0.39, 0.29) is 22.2 Å². The van der Waals surface area contributed by atoms with Crippen LogP contribution in [0.3, 0.4) is 0 Å². The molecule has 0 aliphatic heterocycles. The molecule has 136 valence electrons. The standard InChI is InChI=1S/C16H20ClN3O4S/c1-3-20(4-2)25(22,23)13-5-6-14(17)15(9-13)19-16(21)18-10-12-7-8-24-11-12/h5-9,11H,3-4,10H2,1-2H3,(H2,18,19,21). The molecule has 0 bridgehead atoms. The summed E-state index contributed by atoms with van der Waals surface area (Å²) in [6, 6.07) is 5.45. The molecule has 0 saturated carbocycles. The Hall–Kier alpha value is -2.03. The van der Waals surface area contributed by atoms with Gasteiger partial charge in [0.05, 0.1) is 28.1 Å². The highest BCUT2D eigenvalue weighted by Crippen LogP contribution is 2.27. The fourth-order valence-electron chi connectivity index (χ4n) is 2.22. The number of furan rings is 1.